The van der Waals surface area contributed by atoms with Gasteiger partial charge in [0.2, 0.25) is 0 Å². The van der Waals surface area contributed by atoms with E-state index in [0.717, 1.165) is 32.8 Å². The average molecular weight is 268 g/mol. The zero-order chi connectivity index (χ0) is 13.1. The molecule has 0 radical (unpaired) electrons. The molecule has 0 spiro atoms. The molecule has 1 aliphatic carbocycles. The van der Waals surface area contributed by atoms with Crippen molar-refractivity contribution >= 4 is 0 Å². The summed E-state index contributed by atoms with van der Waals surface area (Å²) in [4.78, 5) is 2.67. The van der Waals surface area contributed by atoms with Crippen LogP contribution in [0.15, 0.2) is 0 Å². The van der Waals surface area contributed by atoms with E-state index in [2.05, 4.69) is 17.1 Å². The van der Waals surface area contributed by atoms with Crippen molar-refractivity contribution in [3.05, 3.63) is 0 Å². The highest BCUT2D eigenvalue weighted by Crippen LogP contribution is 2.30. The topological polar surface area (TPSA) is 33.7 Å². The maximum Gasteiger partial charge on any atom is 0.0731 e. The Labute approximate surface area is 116 Å². The number of fused-ring (bicyclic) bond motifs is 1. The second-order valence-electron chi connectivity index (χ2n) is 6.29. The number of hydrogen-bond acceptors (Lipinski definition) is 4. The summed E-state index contributed by atoms with van der Waals surface area (Å²) in [6.45, 7) is 7.41. The molecule has 0 bridgehead atoms. The van der Waals surface area contributed by atoms with Crippen molar-refractivity contribution in [1.29, 1.82) is 0 Å². The fourth-order valence-electron chi connectivity index (χ4n) is 3.88. The van der Waals surface area contributed by atoms with Crippen molar-refractivity contribution in [2.75, 3.05) is 32.8 Å². The molecule has 3 rings (SSSR count). The molecule has 1 saturated carbocycles. The minimum atomic E-state index is 0.455. The molecule has 4 nitrogen and oxygen atoms in total. The number of morpholine rings is 1. The number of nitrogens with one attached hydrogen (secondary N) is 1. The summed E-state index contributed by atoms with van der Waals surface area (Å²) in [5.41, 5.74) is 0. The van der Waals surface area contributed by atoms with E-state index in [0.29, 0.717) is 24.3 Å². The summed E-state index contributed by atoms with van der Waals surface area (Å²) in [7, 11) is 0. The second-order valence-corrected chi connectivity index (χ2v) is 6.29. The molecule has 1 N–H and O–H groups in total. The van der Waals surface area contributed by atoms with Gasteiger partial charge < -0.3 is 14.8 Å². The fraction of sp³-hybridized carbons (Fsp3) is 1.00. The van der Waals surface area contributed by atoms with Crippen molar-refractivity contribution < 1.29 is 9.47 Å². The molecule has 0 amide bonds. The van der Waals surface area contributed by atoms with Gasteiger partial charge in [0.05, 0.1) is 18.8 Å². The van der Waals surface area contributed by atoms with Crippen LogP contribution in [0.4, 0.5) is 0 Å². The summed E-state index contributed by atoms with van der Waals surface area (Å²) >= 11 is 0. The monoisotopic (exact) mass is 268 g/mol. The Morgan fingerprint density at radius 3 is 2.95 bits per heavy atom. The van der Waals surface area contributed by atoms with E-state index in [1.54, 1.807) is 0 Å². The Bertz CT molecular complexity index is 281. The molecular weight excluding hydrogens is 240 g/mol. The zero-order valence-electron chi connectivity index (χ0n) is 12.1. The van der Waals surface area contributed by atoms with Gasteiger partial charge in [-0.2, -0.15) is 0 Å². The van der Waals surface area contributed by atoms with E-state index in [4.69, 9.17) is 9.47 Å². The molecule has 4 unspecified atom stereocenters. The van der Waals surface area contributed by atoms with Crippen LogP contribution in [-0.4, -0.2) is 62.0 Å². The quantitative estimate of drug-likeness (QED) is 0.817. The number of hydrogen-bond donors (Lipinski definition) is 1. The van der Waals surface area contributed by atoms with E-state index >= 15 is 0 Å². The van der Waals surface area contributed by atoms with Crippen LogP contribution in [0.25, 0.3) is 0 Å². The minimum absolute atomic E-state index is 0.455. The highest BCUT2D eigenvalue weighted by Gasteiger charge is 2.37. The highest BCUT2D eigenvalue weighted by molar-refractivity contribution is 4.91. The Morgan fingerprint density at radius 2 is 2.11 bits per heavy atom. The lowest BCUT2D eigenvalue weighted by molar-refractivity contribution is -0.0689. The minimum Gasteiger partial charge on any atom is -0.377 e. The molecule has 2 aliphatic heterocycles. The molecule has 4 atom stereocenters. The first-order valence-electron chi connectivity index (χ1n) is 8.04. The van der Waals surface area contributed by atoms with Crippen LogP contribution in [-0.2, 0) is 9.47 Å². The van der Waals surface area contributed by atoms with E-state index in [9.17, 15) is 0 Å². The Kier molecular flexibility index (Phi) is 4.74. The average Bonchev–Trinajstić information content (AvgIpc) is 3.08. The maximum absolute atomic E-state index is 5.89. The molecule has 3 aliphatic rings. The predicted molar refractivity (Wildman–Crippen MR) is 75.4 cm³/mol. The lowest BCUT2D eigenvalue weighted by Crippen LogP contribution is -2.54. The van der Waals surface area contributed by atoms with E-state index in [1.165, 1.54) is 32.1 Å². The molecule has 4 heteroatoms. The molecule has 0 aromatic heterocycles. The predicted octanol–water partition coefficient (Wildman–Crippen LogP) is 1.40. The van der Waals surface area contributed by atoms with Crippen molar-refractivity contribution in [2.45, 2.75) is 63.3 Å². The lowest BCUT2D eigenvalue weighted by Gasteiger charge is -2.41. The Morgan fingerprint density at radius 1 is 1.16 bits per heavy atom. The molecule has 0 aromatic carbocycles. The van der Waals surface area contributed by atoms with Gasteiger partial charge in [-0.3, -0.25) is 4.90 Å². The third-order valence-corrected chi connectivity index (χ3v) is 4.93. The number of ether oxygens (including phenoxy) is 2. The van der Waals surface area contributed by atoms with Crippen molar-refractivity contribution in [1.82, 2.24) is 10.2 Å². The van der Waals surface area contributed by atoms with Crippen LogP contribution < -0.4 is 5.32 Å². The molecule has 0 aromatic rings. The molecule has 110 valence electrons. The largest absolute Gasteiger partial charge is 0.377 e. The molecule has 2 saturated heterocycles. The van der Waals surface area contributed by atoms with Crippen LogP contribution in [0, 0.1) is 0 Å². The van der Waals surface area contributed by atoms with Gasteiger partial charge in [-0.1, -0.05) is 0 Å². The van der Waals surface area contributed by atoms with Gasteiger partial charge in [0.15, 0.2) is 0 Å². The van der Waals surface area contributed by atoms with Crippen LogP contribution in [0.2, 0.25) is 0 Å². The van der Waals surface area contributed by atoms with Crippen LogP contribution in [0.3, 0.4) is 0 Å². The van der Waals surface area contributed by atoms with Crippen LogP contribution >= 0.6 is 0 Å². The van der Waals surface area contributed by atoms with E-state index in [-0.39, 0.29) is 0 Å². The smallest absolute Gasteiger partial charge is 0.0731 e. The van der Waals surface area contributed by atoms with Gasteiger partial charge in [-0.15, -0.1) is 0 Å². The molecular formula is C15H28N2O2. The number of rotatable bonds is 5. The van der Waals surface area contributed by atoms with Gasteiger partial charge >= 0.3 is 0 Å². The first kappa shape index (κ1) is 13.8. The second kappa shape index (κ2) is 6.53. The van der Waals surface area contributed by atoms with Gasteiger partial charge in [0.1, 0.15) is 0 Å². The first-order valence-corrected chi connectivity index (χ1v) is 8.04. The SMILES string of the molecule is CC(CNCC1CCCO1)N1CCOC2CCCC21. The molecule has 19 heavy (non-hydrogen) atoms. The Balaban J connectivity index is 1.42. The fourth-order valence-corrected chi connectivity index (χ4v) is 3.88. The van der Waals surface area contributed by atoms with Gasteiger partial charge in [0.25, 0.3) is 0 Å². The van der Waals surface area contributed by atoms with Gasteiger partial charge in [0, 0.05) is 38.3 Å². The van der Waals surface area contributed by atoms with E-state index < -0.39 is 0 Å². The maximum atomic E-state index is 5.89. The third kappa shape index (κ3) is 3.30. The summed E-state index contributed by atoms with van der Waals surface area (Å²) in [5, 5.41) is 3.60. The molecule has 2 heterocycles. The zero-order valence-corrected chi connectivity index (χ0v) is 12.1. The summed E-state index contributed by atoms with van der Waals surface area (Å²) < 4.78 is 11.5. The Hall–Kier alpha value is -0.160. The normalized spacial score (nSPS) is 37.4. The summed E-state index contributed by atoms with van der Waals surface area (Å²) in [6, 6.07) is 1.28. The first-order chi connectivity index (χ1) is 9.34. The van der Waals surface area contributed by atoms with Crippen molar-refractivity contribution in [3.63, 3.8) is 0 Å². The van der Waals surface area contributed by atoms with Gasteiger partial charge in [-0.25, -0.2) is 0 Å². The van der Waals surface area contributed by atoms with Crippen molar-refractivity contribution in [3.8, 4) is 0 Å². The third-order valence-electron chi connectivity index (χ3n) is 4.93. The highest BCUT2D eigenvalue weighted by atomic mass is 16.5. The van der Waals surface area contributed by atoms with Crippen molar-refractivity contribution in [2.24, 2.45) is 0 Å². The summed E-state index contributed by atoms with van der Waals surface area (Å²) in [5.74, 6) is 0. The number of nitrogens with zero attached hydrogens (tertiary/aromatic N) is 1. The van der Waals surface area contributed by atoms with Crippen LogP contribution in [0.1, 0.15) is 39.0 Å². The summed E-state index contributed by atoms with van der Waals surface area (Å²) in [6.07, 6.45) is 7.34. The molecule has 3 fully saturated rings. The lowest BCUT2D eigenvalue weighted by atomic mass is 10.1. The van der Waals surface area contributed by atoms with Crippen LogP contribution in [0.5, 0.6) is 0 Å². The standard InChI is InChI=1S/C15H28N2O2/c1-12(10-16-11-13-4-3-8-18-13)17-7-9-19-15-6-2-5-14(15)17/h12-16H,2-11H2,1H3. The van der Waals surface area contributed by atoms with Gasteiger partial charge in [-0.05, 0) is 39.0 Å². The van der Waals surface area contributed by atoms with E-state index in [1.807, 2.05) is 0 Å².